The van der Waals surface area contributed by atoms with E-state index in [0.717, 1.165) is 11.1 Å². The first-order valence-corrected chi connectivity index (χ1v) is 7.74. The number of aliphatic carboxylic acids is 1. The lowest BCUT2D eigenvalue weighted by atomic mass is 10.0. The average Bonchev–Trinajstić information content (AvgIpc) is 2.88. The Morgan fingerprint density at radius 3 is 2.52 bits per heavy atom. The van der Waals surface area contributed by atoms with Crippen LogP contribution in [-0.4, -0.2) is 40.6 Å². The van der Waals surface area contributed by atoms with Crippen LogP contribution in [-0.2, 0) is 20.9 Å². The average molecular weight is 317 g/mol. The number of hydrogen-bond donors (Lipinski definition) is 1. The van der Waals surface area contributed by atoms with E-state index >= 15 is 0 Å². The number of benzene rings is 1. The van der Waals surface area contributed by atoms with E-state index in [4.69, 9.17) is 9.84 Å². The molecule has 0 radical (unpaired) electrons. The summed E-state index contributed by atoms with van der Waals surface area (Å²) in [6, 6.07) is 9.68. The maximum atomic E-state index is 12.8. The first-order chi connectivity index (χ1) is 10.9. The molecule has 1 aromatic carbocycles. The zero-order chi connectivity index (χ0) is 17.0. The van der Waals surface area contributed by atoms with Crippen LogP contribution in [0.1, 0.15) is 25.8 Å². The van der Waals surface area contributed by atoms with Gasteiger partial charge in [0.2, 0.25) is 0 Å². The Morgan fingerprint density at radius 1 is 1.35 bits per heavy atom. The third kappa shape index (κ3) is 4.42. The van der Waals surface area contributed by atoms with Gasteiger partial charge in [0.05, 0.1) is 0 Å². The zero-order valence-electron chi connectivity index (χ0n) is 13.6. The second kappa shape index (κ2) is 7.42. The smallest absolute Gasteiger partial charge is 0.333 e. The number of hydrogen-bond acceptors (Lipinski definition) is 3. The van der Waals surface area contributed by atoms with Crippen molar-refractivity contribution in [3.8, 4) is 0 Å². The lowest BCUT2D eigenvalue weighted by molar-refractivity contribution is -0.156. The maximum absolute atomic E-state index is 12.8. The summed E-state index contributed by atoms with van der Waals surface area (Å²) in [5.74, 6) is -1.36. The molecule has 0 spiro atoms. The monoisotopic (exact) mass is 317 g/mol. The van der Waals surface area contributed by atoms with Crippen molar-refractivity contribution in [1.29, 1.82) is 0 Å². The van der Waals surface area contributed by atoms with Crippen LogP contribution < -0.4 is 0 Å². The normalized spacial score (nSPS) is 23.5. The van der Waals surface area contributed by atoms with Gasteiger partial charge in [-0.25, -0.2) is 4.79 Å². The van der Waals surface area contributed by atoms with Crippen LogP contribution in [0, 0.1) is 5.92 Å². The van der Waals surface area contributed by atoms with Crippen molar-refractivity contribution in [2.45, 2.75) is 39.0 Å². The van der Waals surface area contributed by atoms with E-state index in [1.807, 2.05) is 37.3 Å². The molecule has 1 N–H and O–H groups in total. The fraction of sp³-hybridized carbons (Fsp3) is 0.444. The van der Waals surface area contributed by atoms with Crippen LogP contribution in [0.5, 0.6) is 0 Å². The highest BCUT2D eigenvalue weighted by Gasteiger charge is 2.41. The first-order valence-electron chi connectivity index (χ1n) is 7.74. The van der Waals surface area contributed by atoms with Crippen molar-refractivity contribution in [3.05, 3.63) is 48.0 Å². The van der Waals surface area contributed by atoms with Gasteiger partial charge in [0.1, 0.15) is 6.10 Å². The molecular formula is C18H23NO4. The summed E-state index contributed by atoms with van der Waals surface area (Å²) in [7, 11) is 0. The molecule has 0 saturated carbocycles. The number of nitrogens with zero attached hydrogens (tertiary/aromatic N) is 1. The summed E-state index contributed by atoms with van der Waals surface area (Å²) in [5, 5.41) is 9.14. The minimum atomic E-state index is -1.01. The first kappa shape index (κ1) is 17.2. The van der Waals surface area contributed by atoms with E-state index in [1.165, 1.54) is 0 Å². The van der Waals surface area contributed by atoms with E-state index in [9.17, 15) is 9.59 Å². The van der Waals surface area contributed by atoms with Crippen molar-refractivity contribution in [3.63, 3.8) is 0 Å². The molecule has 1 aliphatic rings. The van der Waals surface area contributed by atoms with Crippen molar-refractivity contribution in [2.75, 3.05) is 6.54 Å². The Balaban J connectivity index is 2.11. The quantitative estimate of drug-likeness (QED) is 0.819. The third-order valence-electron chi connectivity index (χ3n) is 3.92. The van der Waals surface area contributed by atoms with Gasteiger partial charge in [0, 0.05) is 13.1 Å². The van der Waals surface area contributed by atoms with Gasteiger partial charge in [-0.3, -0.25) is 4.79 Å². The van der Waals surface area contributed by atoms with Crippen molar-refractivity contribution in [2.24, 2.45) is 5.92 Å². The largest absolute Gasteiger partial charge is 0.479 e. The van der Waals surface area contributed by atoms with Crippen molar-refractivity contribution in [1.82, 2.24) is 4.90 Å². The molecule has 1 amide bonds. The topological polar surface area (TPSA) is 66.8 Å². The number of carboxylic acids is 1. The van der Waals surface area contributed by atoms with E-state index in [0.29, 0.717) is 19.5 Å². The molecule has 1 aliphatic heterocycles. The highest BCUT2D eigenvalue weighted by molar-refractivity contribution is 5.83. The molecule has 5 heteroatoms. The molecule has 124 valence electrons. The Hall–Kier alpha value is -2.14. The predicted octanol–water partition coefficient (Wildman–Crippen LogP) is 2.47. The Labute approximate surface area is 136 Å². The SMILES string of the molecule is C=C(C)CN(Cc1ccccc1)C(=O)[C@H]1C[C@@H](C)[C@H](C(=O)O)O1. The van der Waals surface area contributed by atoms with Crippen molar-refractivity contribution >= 4 is 11.9 Å². The molecule has 1 fully saturated rings. The Kier molecular flexibility index (Phi) is 5.55. The molecule has 1 heterocycles. The fourth-order valence-electron chi connectivity index (χ4n) is 2.83. The molecule has 3 atom stereocenters. The highest BCUT2D eigenvalue weighted by atomic mass is 16.5. The second-order valence-electron chi connectivity index (χ2n) is 6.23. The lowest BCUT2D eigenvalue weighted by Crippen LogP contribution is -2.40. The van der Waals surface area contributed by atoms with E-state index in [1.54, 1.807) is 11.8 Å². The Bertz CT molecular complexity index is 584. The molecule has 1 aromatic rings. The number of amides is 1. The predicted molar refractivity (Wildman–Crippen MR) is 86.8 cm³/mol. The number of carbonyl (C=O) groups excluding carboxylic acids is 1. The Morgan fingerprint density at radius 2 is 2.00 bits per heavy atom. The molecule has 0 unspecified atom stereocenters. The molecule has 1 saturated heterocycles. The molecule has 23 heavy (non-hydrogen) atoms. The molecule has 2 rings (SSSR count). The minimum Gasteiger partial charge on any atom is -0.479 e. The van der Waals surface area contributed by atoms with E-state index in [-0.39, 0.29) is 11.8 Å². The summed E-state index contributed by atoms with van der Waals surface area (Å²) in [6.07, 6.45) is -1.18. The van der Waals surface area contributed by atoms with E-state index in [2.05, 4.69) is 6.58 Å². The summed E-state index contributed by atoms with van der Waals surface area (Å²) < 4.78 is 5.48. The molecular weight excluding hydrogens is 294 g/mol. The van der Waals surface area contributed by atoms with Crippen LogP contribution in [0.4, 0.5) is 0 Å². The van der Waals surface area contributed by atoms with Gasteiger partial charge < -0.3 is 14.7 Å². The van der Waals surface area contributed by atoms with Crippen LogP contribution >= 0.6 is 0 Å². The third-order valence-corrected chi connectivity index (χ3v) is 3.92. The van der Waals surface area contributed by atoms with Gasteiger partial charge >= 0.3 is 5.97 Å². The van der Waals surface area contributed by atoms with Crippen LogP contribution in [0.15, 0.2) is 42.5 Å². The van der Waals surface area contributed by atoms with Gasteiger partial charge in [-0.05, 0) is 24.8 Å². The van der Waals surface area contributed by atoms with Crippen molar-refractivity contribution < 1.29 is 19.4 Å². The number of carboxylic acid groups (broad SMARTS) is 1. The summed E-state index contributed by atoms with van der Waals surface area (Å²) >= 11 is 0. The summed E-state index contributed by atoms with van der Waals surface area (Å²) in [5.41, 5.74) is 1.89. The standard InChI is InChI=1S/C18H23NO4/c1-12(2)10-19(11-14-7-5-4-6-8-14)17(20)15-9-13(3)16(23-15)18(21)22/h4-8,13,15-16H,1,9-11H2,2-3H3,(H,21,22)/t13-,15-,16-/m1/s1. The summed E-state index contributed by atoms with van der Waals surface area (Å²) in [4.78, 5) is 25.6. The van der Waals surface area contributed by atoms with Crippen LogP contribution in [0.3, 0.4) is 0 Å². The van der Waals surface area contributed by atoms with Crippen LogP contribution in [0.25, 0.3) is 0 Å². The van der Waals surface area contributed by atoms with Gasteiger partial charge in [0.25, 0.3) is 5.91 Å². The lowest BCUT2D eigenvalue weighted by Gasteiger charge is -2.26. The molecule has 0 aliphatic carbocycles. The number of ether oxygens (including phenoxy) is 1. The van der Waals surface area contributed by atoms with Gasteiger partial charge in [0.15, 0.2) is 6.10 Å². The minimum absolute atomic E-state index is 0.174. The fourth-order valence-corrected chi connectivity index (χ4v) is 2.83. The molecule has 5 nitrogen and oxygen atoms in total. The zero-order valence-corrected chi connectivity index (χ0v) is 13.6. The van der Waals surface area contributed by atoms with Gasteiger partial charge in [-0.1, -0.05) is 49.4 Å². The second-order valence-corrected chi connectivity index (χ2v) is 6.23. The number of carbonyl (C=O) groups is 2. The summed E-state index contributed by atoms with van der Waals surface area (Å²) in [6.45, 7) is 8.42. The molecule has 0 bridgehead atoms. The highest BCUT2D eigenvalue weighted by Crippen LogP contribution is 2.28. The van der Waals surface area contributed by atoms with E-state index < -0.39 is 18.2 Å². The van der Waals surface area contributed by atoms with Gasteiger partial charge in [-0.15, -0.1) is 0 Å². The number of rotatable bonds is 6. The molecule has 0 aromatic heterocycles. The van der Waals surface area contributed by atoms with Crippen LogP contribution in [0.2, 0.25) is 0 Å². The maximum Gasteiger partial charge on any atom is 0.333 e. The van der Waals surface area contributed by atoms with Gasteiger partial charge in [-0.2, -0.15) is 0 Å².